The van der Waals surface area contributed by atoms with Crippen LogP contribution in [0.2, 0.25) is 0 Å². The van der Waals surface area contributed by atoms with Gasteiger partial charge < -0.3 is 0 Å². The molecule has 0 radical (unpaired) electrons. The lowest BCUT2D eigenvalue weighted by Crippen LogP contribution is -2.21. The second kappa shape index (κ2) is 29.6. The summed E-state index contributed by atoms with van der Waals surface area (Å²) in [6, 6.07) is 0. The number of hydrogen-bond acceptors (Lipinski definition) is 0. The highest BCUT2D eigenvalue weighted by atomic mass is 19.3. The van der Waals surface area contributed by atoms with Crippen LogP contribution in [0.15, 0.2) is 0 Å². The molecular formula is C45H98F2. The van der Waals surface area contributed by atoms with Gasteiger partial charge in [-0.1, -0.05) is 183 Å². The van der Waals surface area contributed by atoms with Crippen molar-refractivity contribution in [2.24, 2.45) is 52.3 Å². The molecule has 3 aliphatic rings. The minimum atomic E-state index is -2.48. The third-order valence-electron chi connectivity index (χ3n) is 8.78. The molecule has 0 N–H and O–H groups in total. The molecule has 0 aromatic rings. The molecule has 47 heavy (non-hydrogen) atoms. The number of alkyl halides is 2. The van der Waals surface area contributed by atoms with E-state index in [1.165, 1.54) is 103 Å². The molecule has 0 aliphatic heterocycles. The SMILES string of the molecule is C.C.C.CC(C)CC(C)(C)C.CC(C)CC(C)(F)F.CC(C)CC1(C)CCCCC1.CC(C)CC1CC1.CC(C)CC1CCCCC1. The molecule has 3 rings (SSSR count). The van der Waals surface area contributed by atoms with Gasteiger partial charge in [-0.2, -0.15) is 0 Å². The van der Waals surface area contributed by atoms with E-state index in [1.54, 1.807) is 13.8 Å². The Morgan fingerprint density at radius 3 is 1.11 bits per heavy atom. The van der Waals surface area contributed by atoms with Crippen molar-refractivity contribution in [3.05, 3.63) is 0 Å². The van der Waals surface area contributed by atoms with Crippen molar-refractivity contribution in [3.8, 4) is 0 Å². The van der Waals surface area contributed by atoms with Crippen LogP contribution in [0.5, 0.6) is 0 Å². The van der Waals surface area contributed by atoms with E-state index in [2.05, 4.69) is 83.1 Å². The Morgan fingerprint density at radius 1 is 0.511 bits per heavy atom. The summed E-state index contributed by atoms with van der Waals surface area (Å²) in [4.78, 5) is 0. The van der Waals surface area contributed by atoms with Crippen LogP contribution in [0.4, 0.5) is 8.78 Å². The highest BCUT2D eigenvalue weighted by molar-refractivity contribution is 4.79. The third kappa shape index (κ3) is 45.9. The summed E-state index contributed by atoms with van der Waals surface area (Å²) in [5, 5.41) is 0. The van der Waals surface area contributed by atoms with Crippen LogP contribution < -0.4 is 0 Å². The molecule has 0 unspecified atom stereocenters. The molecule has 0 aromatic carbocycles. The third-order valence-corrected chi connectivity index (χ3v) is 8.78. The summed E-state index contributed by atoms with van der Waals surface area (Å²) in [7, 11) is 0. The van der Waals surface area contributed by atoms with Gasteiger partial charge >= 0.3 is 0 Å². The minimum absolute atomic E-state index is 0. The topological polar surface area (TPSA) is 0 Å². The van der Waals surface area contributed by atoms with E-state index in [-0.39, 0.29) is 34.6 Å². The maximum atomic E-state index is 12.0. The zero-order chi connectivity index (χ0) is 34.6. The van der Waals surface area contributed by atoms with Crippen molar-refractivity contribution in [2.45, 2.75) is 241 Å². The Bertz CT molecular complexity index is 595. The summed E-state index contributed by atoms with van der Waals surface area (Å²) < 4.78 is 23.9. The Kier molecular flexibility index (Phi) is 35.4. The summed E-state index contributed by atoms with van der Waals surface area (Å²) in [5.41, 5.74) is 1.22. The predicted molar refractivity (Wildman–Crippen MR) is 218 cm³/mol. The number of rotatable bonds is 9. The molecule has 3 saturated carbocycles. The van der Waals surface area contributed by atoms with Crippen molar-refractivity contribution >= 4 is 0 Å². The van der Waals surface area contributed by atoms with Crippen LogP contribution in [-0.2, 0) is 0 Å². The number of halogens is 2. The monoisotopic (exact) mass is 677 g/mol. The summed E-state index contributed by atoms with van der Waals surface area (Å²) >= 11 is 0. The van der Waals surface area contributed by atoms with Crippen molar-refractivity contribution < 1.29 is 8.78 Å². The van der Waals surface area contributed by atoms with Gasteiger partial charge in [-0.05, 0) is 97.7 Å². The van der Waals surface area contributed by atoms with E-state index in [0.717, 1.165) is 42.4 Å². The molecular weight excluding hydrogens is 578 g/mol. The van der Waals surface area contributed by atoms with Gasteiger partial charge in [-0.15, -0.1) is 0 Å². The molecule has 0 amide bonds. The van der Waals surface area contributed by atoms with Crippen LogP contribution in [-0.4, -0.2) is 5.92 Å². The first-order chi connectivity index (χ1) is 20.0. The molecule has 0 saturated heterocycles. The highest BCUT2D eigenvalue weighted by Crippen LogP contribution is 2.40. The fourth-order valence-electron chi connectivity index (χ4n) is 7.65. The molecule has 3 aliphatic carbocycles. The van der Waals surface area contributed by atoms with Crippen LogP contribution in [0.1, 0.15) is 235 Å². The average Bonchev–Trinajstić information content (AvgIpc) is 3.61. The zero-order valence-electron chi connectivity index (χ0n) is 33.3. The Labute approximate surface area is 301 Å². The van der Waals surface area contributed by atoms with Gasteiger partial charge in [-0.3, -0.25) is 0 Å². The second-order valence-electron chi connectivity index (χ2n) is 19.0. The largest absolute Gasteiger partial charge is 0.245 e. The molecule has 0 heterocycles. The highest BCUT2D eigenvalue weighted by Gasteiger charge is 2.27. The van der Waals surface area contributed by atoms with E-state index >= 15 is 0 Å². The minimum Gasteiger partial charge on any atom is -0.207 e. The first kappa shape index (κ1) is 56.2. The van der Waals surface area contributed by atoms with E-state index in [1.807, 2.05) is 0 Å². The lowest BCUT2D eigenvalue weighted by atomic mass is 9.71. The summed E-state index contributed by atoms with van der Waals surface area (Å²) in [6.07, 6.45) is 23.6. The van der Waals surface area contributed by atoms with Crippen LogP contribution >= 0.6 is 0 Å². The van der Waals surface area contributed by atoms with Gasteiger partial charge in [0.25, 0.3) is 0 Å². The molecule has 0 nitrogen and oxygen atoms in total. The maximum Gasteiger partial charge on any atom is 0.245 e. The van der Waals surface area contributed by atoms with Crippen molar-refractivity contribution in [1.82, 2.24) is 0 Å². The molecule has 0 aromatic heterocycles. The van der Waals surface area contributed by atoms with E-state index in [4.69, 9.17) is 0 Å². The molecule has 0 atom stereocenters. The lowest BCUT2D eigenvalue weighted by molar-refractivity contribution is 0.000971. The quantitative estimate of drug-likeness (QED) is 0.228. The van der Waals surface area contributed by atoms with Gasteiger partial charge in [0.1, 0.15) is 0 Å². The van der Waals surface area contributed by atoms with Crippen molar-refractivity contribution in [1.29, 1.82) is 0 Å². The molecule has 292 valence electrons. The smallest absolute Gasteiger partial charge is 0.207 e. The van der Waals surface area contributed by atoms with Crippen molar-refractivity contribution in [2.75, 3.05) is 0 Å². The predicted octanol–water partition coefficient (Wildman–Crippen LogP) is 17.7. The van der Waals surface area contributed by atoms with Gasteiger partial charge in [-0.25, -0.2) is 8.78 Å². The number of hydrogen-bond donors (Lipinski definition) is 0. The summed E-state index contributed by atoms with van der Waals surface area (Å²) in [6.45, 7) is 32.4. The van der Waals surface area contributed by atoms with Gasteiger partial charge in [0.05, 0.1) is 0 Å². The lowest BCUT2D eigenvalue weighted by Gasteiger charge is -2.35. The molecule has 0 bridgehead atoms. The van der Waals surface area contributed by atoms with Crippen LogP contribution in [0.25, 0.3) is 0 Å². The Morgan fingerprint density at radius 2 is 0.872 bits per heavy atom. The Hall–Kier alpha value is -0.140. The standard InChI is InChI=1S/C11H22.C10H20.C8H18.C7H14.C6H12F2.3CH4/c1-10(2)9-11(3)7-5-4-6-8-11;1-9(2)8-10-6-4-3-5-7-10;1-7(2)6-8(3,4)5;1-6(2)5-7-3-4-7;1-5(2)4-6(3,7)8;;;/h10H,4-9H2,1-3H3;9-10H,3-8H2,1-2H3;7H,6H2,1-5H3;6-7H,3-5H2,1-2H3;5H,4H2,1-3H3;3*1H4. The van der Waals surface area contributed by atoms with E-state index < -0.39 is 5.92 Å². The average molecular weight is 677 g/mol. The Balaban J connectivity index is -0.000000155. The molecule has 0 spiro atoms. The van der Waals surface area contributed by atoms with Gasteiger partial charge in [0.15, 0.2) is 0 Å². The zero-order valence-corrected chi connectivity index (χ0v) is 33.3. The van der Waals surface area contributed by atoms with Crippen molar-refractivity contribution in [3.63, 3.8) is 0 Å². The van der Waals surface area contributed by atoms with Gasteiger partial charge in [0.2, 0.25) is 5.92 Å². The first-order valence-electron chi connectivity index (χ1n) is 19.4. The summed E-state index contributed by atoms with van der Waals surface area (Å²) in [5.74, 6) is 3.40. The van der Waals surface area contributed by atoms with Gasteiger partial charge in [0, 0.05) is 6.42 Å². The van der Waals surface area contributed by atoms with Crippen LogP contribution in [0.3, 0.4) is 0 Å². The maximum absolute atomic E-state index is 12.0. The van der Waals surface area contributed by atoms with E-state index in [0.29, 0.717) is 10.8 Å². The molecule has 2 heteroatoms. The normalized spacial score (nSPS) is 17.7. The second-order valence-corrected chi connectivity index (χ2v) is 19.0. The molecule has 3 fully saturated rings. The first-order valence-corrected chi connectivity index (χ1v) is 19.4. The fourth-order valence-corrected chi connectivity index (χ4v) is 7.65. The van der Waals surface area contributed by atoms with E-state index in [9.17, 15) is 8.78 Å². The van der Waals surface area contributed by atoms with Crippen LogP contribution in [0, 0.1) is 52.3 Å². The fraction of sp³-hybridized carbons (Fsp3) is 1.00.